The van der Waals surface area contributed by atoms with Crippen LogP contribution in [0.25, 0.3) is 0 Å². The maximum Gasteiger partial charge on any atom is 0.186 e. The minimum absolute atomic E-state index is 0.180. The second-order valence-corrected chi connectivity index (χ2v) is 5.14. The van der Waals surface area contributed by atoms with Gasteiger partial charge < -0.3 is 24.1 Å². The van der Waals surface area contributed by atoms with Gasteiger partial charge in [-0.15, -0.1) is 0 Å². The van der Waals surface area contributed by atoms with Gasteiger partial charge in [-0.1, -0.05) is 15.9 Å². The van der Waals surface area contributed by atoms with E-state index in [-0.39, 0.29) is 12.2 Å². The van der Waals surface area contributed by atoms with E-state index in [9.17, 15) is 5.11 Å². The third-order valence-electron chi connectivity index (χ3n) is 2.84. The summed E-state index contributed by atoms with van der Waals surface area (Å²) in [5.74, 6) is -0.692. The summed E-state index contributed by atoms with van der Waals surface area (Å²) >= 11 is 3.36. The van der Waals surface area contributed by atoms with Crippen LogP contribution in [0.1, 0.15) is 13.8 Å². The van der Waals surface area contributed by atoms with Crippen LogP contribution in [0.2, 0.25) is 0 Å². The van der Waals surface area contributed by atoms with Crippen molar-refractivity contribution in [3.05, 3.63) is 0 Å². The molecule has 1 N–H and O–H groups in total. The Labute approximate surface area is 103 Å². The van der Waals surface area contributed by atoms with E-state index in [0.29, 0.717) is 5.33 Å². The fourth-order valence-electron chi connectivity index (χ4n) is 2.17. The molecule has 2 heterocycles. The van der Waals surface area contributed by atoms with Gasteiger partial charge in [-0.3, -0.25) is 0 Å². The van der Waals surface area contributed by atoms with Crippen LogP contribution in [0.5, 0.6) is 0 Å². The predicted octanol–water partition coefficient (Wildman–Crippen LogP) is 0.634. The van der Waals surface area contributed by atoms with E-state index in [4.69, 9.17) is 18.9 Å². The second-order valence-electron chi connectivity index (χ2n) is 4.49. The Morgan fingerprint density at radius 1 is 1.31 bits per heavy atom. The zero-order valence-corrected chi connectivity index (χ0v) is 11.1. The summed E-state index contributed by atoms with van der Waals surface area (Å²) in [5.41, 5.74) is 0. The zero-order chi connectivity index (χ0) is 11.9. The van der Waals surface area contributed by atoms with Crippen LogP contribution < -0.4 is 0 Å². The Morgan fingerprint density at radius 3 is 2.50 bits per heavy atom. The van der Waals surface area contributed by atoms with Crippen LogP contribution in [0.4, 0.5) is 0 Å². The second kappa shape index (κ2) is 4.51. The largest absolute Gasteiger partial charge is 0.385 e. The van der Waals surface area contributed by atoms with E-state index in [1.807, 2.05) is 13.8 Å². The van der Waals surface area contributed by atoms with Crippen LogP contribution in [-0.2, 0) is 18.9 Å². The monoisotopic (exact) mass is 296 g/mol. The molecule has 2 saturated heterocycles. The van der Waals surface area contributed by atoms with E-state index < -0.39 is 24.3 Å². The highest BCUT2D eigenvalue weighted by molar-refractivity contribution is 9.09. The van der Waals surface area contributed by atoms with Crippen molar-refractivity contribution in [1.29, 1.82) is 0 Å². The first-order valence-electron chi connectivity index (χ1n) is 5.26. The molecule has 0 radical (unpaired) electrons. The predicted molar refractivity (Wildman–Crippen MR) is 59.3 cm³/mol. The number of methoxy groups -OCH3 is 1. The Balaban J connectivity index is 2.18. The molecule has 2 rings (SSSR count). The van der Waals surface area contributed by atoms with E-state index >= 15 is 0 Å². The molecule has 5 nitrogen and oxygen atoms in total. The van der Waals surface area contributed by atoms with Gasteiger partial charge >= 0.3 is 0 Å². The van der Waals surface area contributed by atoms with E-state index in [0.717, 1.165) is 0 Å². The van der Waals surface area contributed by atoms with E-state index in [1.54, 1.807) is 0 Å². The van der Waals surface area contributed by atoms with Crippen LogP contribution in [-0.4, -0.2) is 54.0 Å². The number of hydrogen-bond donors (Lipinski definition) is 1. The fraction of sp³-hybridized carbons (Fsp3) is 1.00. The first-order valence-corrected chi connectivity index (χ1v) is 6.38. The SMILES string of the molecule is CO[C@H]1O[C@H](CBr)[C@@H]2OC(C)(C)O[C@@H]2[C@H]1O. The number of hydrogen-bond acceptors (Lipinski definition) is 5. The normalized spacial score (nSPS) is 46.7. The van der Waals surface area contributed by atoms with Crippen molar-refractivity contribution >= 4 is 15.9 Å². The molecule has 0 aromatic carbocycles. The van der Waals surface area contributed by atoms with Crippen molar-refractivity contribution in [3.8, 4) is 0 Å². The molecule has 0 bridgehead atoms. The van der Waals surface area contributed by atoms with Gasteiger partial charge in [-0.25, -0.2) is 0 Å². The van der Waals surface area contributed by atoms with Crippen molar-refractivity contribution in [2.75, 3.05) is 12.4 Å². The maximum atomic E-state index is 10.0. The molecule has 0 aromatic heterocycles. The Kier molecular flexibility index (Phi) is 3.59. The molecule has 6 heteroatoms. The average Bonchev–Trinajstić information content (AvgIpc) is 2.55. The molecule has 0 aromatic rings. The number of aliphatic hydroxyl groups excluding tert-OH is 1. The van der Waals surface area contributed by atoms with Crippen LogP contribution in [0, 0.1) is 0 Å². The summed E-state index contributed by atoms with van der Waals surface area (Å²) in [7, 11) is 1.50. The molecule has 2 aliphatic heterocycles. The molecule has 2 aliphatic rings. The summed E-state index contributed by atoms with van der Waals surface area (Å²) in [5, 5.41) is 10.6. The standard InChI is InChI=1S/C10H17BrO5/c1-10(2)15-7-5(4-11)14-9(13-3)6(12)8(7)16-10/h5-9,12H,4H2,1-3H3/t5-,6-,7+,8-,9+/m1/s1. The Hall–Kier alpha value is 0.280. The molecule has 0 saturated carbocycles. The first kappa shape index (κ1) is 12.7. The highest BCUT2D eigenvalue weighted by Crippen LogP contribution is 2.37. The van der Waals surface area contributed by atoms with E-state index in [1.165, 1.54) is 7.11 Å². The minimum Gasteiger partial charge on any atom is -0.385 e. The lowest BCUT2D eigenvalue weighted by Gasteiger charge is -2.38. The van der Waals surface area contributed by atoms with Crippen LogP contribution in [0.15, 0.2) is 0 Å². The number of ether oxygens (including phenoxy) is 4. The maximum absolute atomic E-state index is 10.0. The van der Waals surface area contributed by atoms with Crippen molar-refractivity contribution in [2.24, 2.45) is 0 Å². The minimum atomic E-state index is -0.827. The van der Waals surface area contributed by atoms with Crippen molar-refractivity contribution < 1.29 is 24.1 Å². The Bertz CT molecular complexity index is 260. The van der Waals surface area contributed by atoms with Crippen LogP contribution in [0.3, 0.4) is 0 Å². The molecule has 0 amide bonds. The van der Waals surface area contributed by atoms with Gasteiger partial charge in [-0.05, 0) is 13.8 Å². The first-order chi connectivity index (χ1) is 7.48. The van der Waals surface area contributed by atoms with Gasteiger partial charge in [0.2, 0.25) is 0 Å². The van der Waals surface area contributed by atoms with Crippen molar-refractivity contribution in [3.63, 3.8) is 0 Å². The molecule has 0 unspecified atom stereocenters. The lowest BCUT2D eigenvalue weighted by molar-refractivity contribution is -0.264. The van der Waals surface area contributed by atoms with Gasteiger partial charge in [0.25, 0.3) is 0 Å². The molecule has 94 valence electrons. The van der Waals surface area contributed by atoms with Crippen molar-refractivity contribution in [2.45, 2.75) is 50.3 Å². The summed E-state index contributed by atoms with van der Waals surface area (Å²) in [4.78, 5) is 0. The number of alkyl halides is 1. The third-order valence-corrected chi connectivity index (χ3v) is 3.48. The molecule has 5 atom stereocenters. The summed E-state index contributed by atoms with van der Waals surface area (Å²) in [6.07, 6.45) is -2.35. The average molecular weight is 297 g/mol. The quantitative estimate of drug-likeness (QED) is 0.758. The van der Waals surface area contributed by atoms with Gasteiger partial charge in [-0.2, -0.15) is 0 Å². The molecular formula is C10H17BrO5. The fourth-order valence-corrected chi connectivity index (χ4v) is 2.69. The smallest absolute Gasteiger partial charge is 0.186 e. The lowest BCUT2D eigenvalue weighted by Crippen LogP contribution is -2.57. The molecule has 0 aliphatic carbocycles. The van der Waals surface area contributed by atoms with Crippen molar-refractivity contribution in [1.82, 2.24) is 0 Å². The Morgan fingerprint density at radius 2 is 1.94 bits per heavy atom. The zero-order valence-electron chi connectivity index (χ0n) is 9.55. The van der Waals surface area contributed by atoms with E-state index in [2.05, 4.69) is 15.9 Å². The summed E-state index contributed by atoms with van der Waals surface area (Å²) in [6.45, 7) is 3.65. The topological polar surface area (TPSA) is 57.2 Å². The third kappa shape index (κ3) is 2.14. The number of rotatable bonds is 2. The molecular weight excluding hydrogens is 280 g/mol. The highest BCUT2D eigenvalue weighted by atomic mass is 79.9. The van der Waals surface area contributed by atoms with Gasteiger partial charge in [0, 0.05) is 12.4 Å². The van der Waals surface area contributed by atoms with Gasteiger partial charge in [0.1, 0.15) is 18.3 Å². The number of fused-ring (bicyclic) bond motifs is 1. The summed E-state index contributed by atoms with van der Waals surface area (Å²) < 4.78 is 22.1. The van der Waals surface area contributed by atoms with Gasteiger partial charge in [0.05, 0.1) is 6.10 Å². The number of halogens is 1. The molecule has 16 heavy (non-hydrogen) atoms. The molecule has 0 spiro atoms. The number of aliphatic hydroxyl groups is 1. The summed E-state index contributed by atoms with van der Waals surface area (Å²) in [6, 6.07) is 0. The van der Waals surface area contributed by atoms with Gasteiger partial charge in [0.15, 0.2) is 12.1 Å². The lowest BCUT2D eigenvalue weighted by atomic mass is 10.0. The highest BCUT2D eigenvalue weighted by Gasteiger charge is 2.54. The molecule has 2 fully saturated rings. The van der Waals surface area contributed by atoms with Crippen LogP contribution >= 0.6 is 15.9 Å².